The van der Waals surface area contributed by atoms with E-state index in [0.717, 1.165) is 10.6 Å². The summed E-state index contributed by atoms with van der Waals surface area (Å²) in [7, 11) is -3.69. The summed E-state index contributed by atoms with van der Waals surface area (Å²) in [6, 6.07) is 3.57. The van der Waals surface area contributed by atoms with Crippen LogP contribution in [0.1, 0.15) is 34.1 Å². The van der Waals surface area contributed by atoms with Gasteiger partial charge in [-0.15, -0.1) is 0 Å². The number of sulfonamides is 1. The first-order valence-corrected chi connectivity index (χ1v) is 10.3. The van der Waals surface area contributed by atoms with Crippen molar-refractivity contribution >= 4 is 44.8 Å². The molecule has 0 heterocycles. The van der Waals surface area contributed by atoms with E-state index in [1.54, 1.807) is 6.92 Å². The Kier molecular flexibility index (Phi) is 7.38. The van der Waals surface area contributed by atoms with Gasteiger partial charge in [0.2, 0.25) is 15.9 Å². The summed E-state index contributed by atoms with van der Waals surface area (Å²) in [5.74, 6) is -0.0988. The van der Waals surface area contributed by atoms with Gasteiger partial charge in [0.05, 0.1) is 22.0 Å². The summed E-state index contributed by atoms with van der Waals surface area (Å²) in [6.07, 6.45) is 1.39. The molecule has 0 aliphatic heterocycles. The summed E-state index contributed by atoms with van der Waals surface area (Å²) in [4.78, 5) is 12.6. The van der Waals surface area contributed by atoms with Gasteiger partial charge in [-0.05, 0) is 37.5 Å². The van der Waals surface area contributed by atoms with Gasteiger partial charge in [-0.1, -0.05) is 44.0 Å². The number of hydrogen-bond acceptors (Lipinski definition) is 3. The average molecular weight is 395 g/mol. The lowest BCUT2D eigenvalue weighted by molar-refractivity contribution is -0.123. The van der Waals surface area contributed by atoms with E-state index >= 15 is 0 Å². The van der Waals surface area contributed by atoms with E-state index < -0.39 is 16.1 Å². The molecular formula is C16H24Cl2N2O3S. The molecule has 1 aromatic carbocycles. The van der Waals surface area contributed by atoms with E-state index in [1.807, 2.05) is 20.8 Å². The normalized spacial score (nSPS) is 14.3. The summed E-state index contributed by atoms with van der Waals surface area (Å²) < 4.78 is 25.7. The Labute approximate surface area is 154 Å². The smallest absolute Gasteiger partial charge is 0.244 e. The summed E-state index contributed by atoms with van der Waals surface area (Å²) >= 11 is 11.9. The lowest BCUT2D eigenvalue weighted by Gasteiger charge is -2.31. The van der Waals surface area contributed by atoms with Gasteiger partial charge in [-0.2, -0.15) is 0 Å². The van der Waals surface area contributed by atoms with Crippen LogP contribution in [0.2, 0.25) is 10.0 Å². The predicted octanol–water partition coefficient (Wildman–Crippen LogP) is 3.70. The lowest BCUT2D eigenvalue weighted by Crippen LogP contribution is -2.52. The maximum atomic E-state index is 12.6. The van der Waals surface area contributed by atoms with Gasteiger partial charge in [0.15, 0.2) is 0 Å². The molecule has 1 amide bonds. The number of nitrogens with one attached hydrogen (secondary N) is 1. The third-order valence-electron chi connectivity index (χ3n) is 3.86. The largest absolute Gasteiger partial charge is 0.352 e. The number of carbonyl (C=O) groups excluding carboxylic acids is 1. The molecule has 5 nitrogen and oxygen atoms in total. The van der Waals surface area contributed by atoms with Gasteiger partial charge in [-0.25, -0.2) is 8.42 Å². The van der Waals surface area contributed by atoms with Crippen molar-refractivity contribution in [1.29, 1.82) is 0 Å². The highest BCUT2D eigenvalue weighted by Crippen LogP contribution is 2.30. The molecule has 0 unspecified atom stereocenters. The van der Waals surface area contributed by atoms with Crippen molar-refractivity contribution in [2.24, 2.45) is 5.92 Å². The predicted molar refractivity (Wildman–Crippen MR) is 100 cm³/mol. The zero-order chi connectivity index (χ0) is 18.7. The maximum absolute atomic E-state index is 12.6. The fourth-order valence-electron chi connectivity index (χ4n) is 2.17. The molecule has 2 atom stereocenters. The Morgan fingerprint density at radius 2 is 1.79 bits per heavy atom. The van der Waals surface area contributed by atoms with Gasteiger partial charge in [0.1, 0.15) is 6.04 Å². The van der Waals surface area contributed by atoms with Crippen LogP contribution in [-0.2, 0) is 14.8 Å². The van der Waals surface area contributed by atoms with E-state index in [9.17, 15) is 13.2 Å². The summed E-state index contributed by atoms with van der Waals surface area (Å²) in [5, 5.41) is 3.42. The number of rotatable bonds is 7. The number of benzene rings is 1. The van der Waals surface area contributed by atoms with Gasteiger partial charge < -0.3 is 5.32 Å². The zero-order valence-corrected chi connectivity index (χ0v) is 16.8. The molecule has 8 heteroatoms. The first-order valence-electron chi connectivity index (χ1n) is 7.73. The van der Waals surface area contributed by atoms with Crippen LogP contribution in [0, 0.1) is 5.92 Å². The van der Waals surface area contributed by atoms with Gasteiger partial charge in [0, 0.05) is 6.04 Å². The monoisotopic (exact) mass is 394 g/mol. The molecule has 136 valence electrons. The standard InChI is InChI=1S/C16H24Cl2N2O3S/c1-6-15(16(21)19-11(4)10(2)3)20(24(5,22)23)12-7-8-13(17)14(18)9-12/h7-11,15H,6H2,1-5H3,(H,19,21)/t11-,15+/m0/s1. The number of hydrogen-bond donors (Lipinski definition) is 1. The minimum Gasteiger partial charge on any atom is -0.352 e. The van der Waals surface area contributed by atoms with Gasteiger partial charge >= 0.3 is 0 Å². The number of nitrogens with zero attached hydrogens (tertiary/aromatic N) is 1. The molecule has 1 rings (SSSR count). The number of halogens is 2. The maximum Gasteiger partial charge on any atom is 0.244 e. The molecule has 24 heavy (non-hydrogen) atoms. The van der Waals surface area contributed by atoms with Crippen molar-refractivity contribution < 1.29 is 13.2 Å². The Bertz CT molecular complexity index is 693. The van der Waals surface area contributed by atoms with Crippen molar-refractivity contribution in [1.82, 2.24) is 5.32 Å². The second-order valence-corrected chi connectivity index (χ2v) is 8.80. The molecule has 0 bridgehead atoms. The van der Waals surface area contributed by atoms with Gasteiger partial charge in [-0.3, -0.25) is 9.10 Å². The number of anilines is 1. The molecular weight excluding hydrogens is 371 g/mol. The SMILES string of the molecule is CC[C@H](C(=O)N[C@@H](C)C(C)C)N(c1ccc(Cl)c(Cl)c1)S(C)(=O)=O. The van der Waals surface area contributed by atoms with Crippen LogP contribution >= 0.6 is 23.2 Å². The molecule has 1 aromatic rings. The molecule has 0 spiro atoms. The van der Waals surface area contributed by atoms with E-state index in [0.29, 0.717) is 17.1 Å². The van der Waals surface area contributed by atoms with E-state index in [1.165, 1.54) is 18.2 Å². The highest BCUT2D eigenvalue weighted by Gasteiger charge is 2.32. The van der Waals surface area contributed by atoms with Crippen LogP contribution < -0.4 is 9.62 Å². The molecule has 0 aliphatic rings. The highest BCUT2D eigenvalue weighted by atomic mass is 35.5. The molecule has 1 N–H and O–H groups in total. The Hall–Kier alpha value is -0.980. The molecule has 0 fully saturated rings. The van der Waals surface area contributed by atoms with Crippen LogP contribution in [-0.4, -0.2) is 32.7 Å². The van der Waals surface area contributed by atoms with Gasteiger partial charge in [0.25, 0.3) is 0 Å². The Morgan fingerprint density at radius 3 is 2.21 bits per heavy atom. The molecule has 0 saturated carbocycles. The third-order valence-corrected chi connectivity index (χ3v) is 5.78. The van der Waals surface area contributed by atoms with Crippen LogP contribution in [0.5, 0.6) is 0 Å². The molecule has 0 radical (unpaired) electrons. The first-order chi connectivity index (χ1) is 11.0. The number of amides is 1. The van der Waals surface area contributed by atoms with Crippen molar-refractivity contribution in [3.05, 3.63) is 28.2 Å². The van der Waals surface area contributed by atoms with Crippen LogP contribution in [0.25, 0.3) is 0 Å². The highest BCUT2D eigenvalue weighted by molar-refractivity contribution is 7.92. The summed E-state index contributed by atoms with van der Waals surface area (Å²) in [6.45, 7) is 7.62. The van der Waals surface area contributed by atoms with Crippen LogP contribution in [0.4, 0.5) is 5.69 Å². The first kappa shape index (κ1) is 21.1. The van der Waals surface area contributed by atoms with Crippen LogP contribution in [0.15, 0.2) is 18.2 Å². The lowest BCUT2D eigenvalue weighted by atomic mass is 10.1. The molecule has 0 aromatic heterocycles. The fourth-order valence-corrected chi connectivity index (χ4v) is 3.67. The van der Waals surface area contributed by atoms with Crippen molar-refractivity contribution in [2.45, 2.75) is 46.2 Å². The fraction of sp³-hybridized carbons (Fsp3) is 0.562. The topological polar surface area (TPSA) is 66.5 Å². The van der Waals surface area contributed by atoms with Crippen LogP contribution in [0.3, 0.4) is 0 Å². The second kappa shape index (κ2) is 8.41. The van der Waals surface area contributed by atoms with E-state index in [2.05, 4.69) is 5.32 Å². The second-order valence-electron chi connectivity index (χ2n) is 6.12. The van der Waals surface area contributed by atoms with Crippen molar-refractivity contribution in [3.63, 3.8) is 0 Å². The third kappa shape index (κ3) is 5.26. The minimum atomic E-state index is -3.69. The quantitative estimate of drug-likeness (QED) is 0.766. The van der Waals surface area contributed by atoms with E-state index in [4.69, 9.17) is 23.2 Å². The zero-order valence-electron chi connectivity index (χ0n) is 14.5. The minimum absolute atomic E-state index is 0.0678. The van der Waals surface area contributed by atoms with E-state index in [-0.39, 0.29) is 22.9 Å². The van der Waals surface area contributed by atoms with Crippen molar-refractivity contribution in [3.8, 4) is 0 Å². The average Bonchev–Trinajstić information content (AvgIpc) is 2.46. The summed E-state index contributed by atoms with van der Waals surface area (Å²) in [5.41, 5.74) is 0.311. The molecule has 0 aliphatic carbocycles. The Morgan fingerprint density at radius 1 is 1.21 bits per heavy atom. The number of carbonyl (C=O) groups is 1. The molecule has 0 saturated heterocycles. The Balaban J connectivity index is 3.27. The van der Waals surface area contributed by atoms with Crippen molar-refractivity contribution in [2.75, 3.05) is 10.6 Å².